The van der Waals surface area contributed by atoms with Crippen molar-refractivity contribution in [3.05, 3.63) is 0 Å². The maximum atomic E-state index is 10.5. The molecule has 5 N–H and O–H groups in total. The normalized spacial score (nSPS) is 10.7. The number of aliphatic carboxylic acids is 2. The zero-order chi connectivity index (χ0) is 11.1. The van der Waals surface area contributed by atoms with Gasteiger partial charge >= 0.3 is 11.9 Å². The number of carbonyl (C=O) groups is 2. The van der Waals surface area contributed by atoms with E-state index in [0.29, 0.717) is 0 Å². The van der Waals surface area contributed by atoms with E-state index < -0.39 is 11.9 Å². The van der Waals surface area contributed by atoms with E-state index in [0.717, 1.165) is 0 Å². The lowest BCUT2D eigenvalue weighted by molar-refractivity contribution is -0.136. The van der Waals surface area contributed by atoms with Crippen LogP contribution in [0.15, 0.2) is 5.10 Å². The van der Waals surface area contributed by atoms with Crippen LogP contribution in [0.5, 0.6) is 0 Å². The van der Waals surface area contributed by atoms with Crippen LogP contribution < -0.4 is 11.2 Å². The average molecular weight is 219 g/mol. The minimum Gasteiger partial charge on any atom is -0.481 e. The molecule has 7 nitrogen and oxygen atoms in total. The quantitative estimate of drug-likeness (QED) is 0.269. The van der Waals surface area contributed by atoms with Crippen LogP contribution in [0.1, 0.15) is 12.8 Å². The molecule has 0 fully saturated rings. The second-order valence-corrected chi connectivity index (χ2v) is 2.67. The number of rotatable bonds is 5. The molecule has 0 rings (SSSR count). The first kappa shape index (κ1) is 12.3. The van der Waals surface area contributed by atoms with E-state index in [1.165, 1.54) is 0 Å². The highest BCUT2D eigenvalue weighted by atomic mass is 32.1. The lowest BCUT2D eigenvalue weighted by Gasteiger charge is -1.99. The number of nitrogens with zero attached hydrogens (tertiary/aromatic N) is 1. The Morgan fingerprint density at radius 3 is 2.29 bits per heavy atom. The van der Waals surface area contributed by atoms with Crippen molar-refractivity contribution in [3.8, 4) is 0 Å². The first-order valence-electron chi connectivity index (χ1n) is 3.50. The summed E-state index contributed by atoms with van der Waals surface area (Å²) in [6, 6.07) is 0. The van der Waals surface area contributed by atoms with Gasteiger partial charge in [0.1, 0.15) is 5.71 Å². The van der Waals surface area contributed by atoms with Crippen molar-refractivity contribution in [2.45, 2.75) is 12.8 Å². The smallest absolute Gasteiger partial charge is 0.352 e. The Morgan fingerprint density at radius 2 is 1.93 bits per heavy atom. The largest absolute Gasteiger partial charge is 0.481 e. The highest BCUT2D eigenvalue weighted by Crippen LogP contribution is 1.93. The first-order chi connectivity index (χ1) is 6.43. The lowest BCUT2D eigenvalue weighted by atomic mass is 10.2. The van der Waals surface area contributed by atoms with E-state index in [1.54, 1.807) is 0 Å². The van der Waals surface area contributed by atoms with Gasteiger partial charge in [0.2, 0.25) is 0 Å². The number of thiocarbonyl (C=S) groups is 1. The molecule has 0 bridgehead atoms. The minimum atomic E-state index is -1.31. The van der Waals surface area contributed by atoms with Crippen molar-refractivity contribution >= 4 is 35.0 Å². The van der Waals surface area contributed by atoms with Crippen LogP contribution in [0, 0.1) is 0 Å². The fraction of sp³-hybridized carbons (Fsp3) is 0.333. The van der Waals surface area contributed by atoms with Gasteiger partial charge in [0.15, 0.2) is 5.11 Å². The maximum Gasteiger partial charge on any atom is 0.352 e. The summed E-state index contributed by atoms with van der Waals surface area (Å²) >= 11 is 4.39. The molecule has 0 saturated carbocycles. The van der Waals surface area contributed by atoms with Gasteiger partial charge in [-0.15, -0.1) is 0 Å². The van der Waals surface area contributed by atoms with E-state index in [2.05, 4.69) is 22.7 Å². The summed E-state index contributed by atoms with van der Waals surface area (Å²) in [4.78, 5) is 20.6. The van der Waals surface area contributed by atoms with E-state index in [1.807, 2.05) is 0 Å². The van der Waals surface area contributed by atoms with Crippen LogP contribution in [0.25, 0.3) is 0 Å². The molecular weight excluding hydrogens is 210 g/mol. The molecule has 0 spiro atoms. The Kier molecular flexibility index (Phi) is 5.15. The molecule has 78 valence electrons. The van der Waals surface area contributed by atoms with Crippen molar-refractivity contribution in [3.63, 3.8) is 0 Å². The molecule has 0 aromatic rings. The van der Waals surface area contributed by atoms with Crippen molar-refractivity contribution in [1.29, 1.82) is 0 Å². The second kappa shape index (κ2) is 5.86. The van der Waals surface area contributed by atoms with Crippen molar-refractivity contribution in [2.24, 2.45) is 10.8 Å². The maximum absolute atomic E-state index is 10.5. The Labute approximate surface area is 84.6 Å². The number of hydrogen-bond acceptors (Lipinski definition) is 4. The summed E-state index contributed by atoms with van der Waals surface area (Å²) in [6.07, 6.45) is -0.509. The highest BCUT2D eigenvalue weighted by Gasteiger charge is 2.11. The van der Waals surface area contributed by atoms with Gasteiger partial charge in [0.25, 0.3) is 0 Å². The summed E-state index contributed by atoms with van der Waals surface area (Å²) in [6.45, 7) is 0. The molecule has 0 atom stereocenters. The molecular formula is C6H9N3O4S. The van der Waals surface area contributed by atoms with E-state index >= 15 is 0 Å². The van der Waals surface area contributed by atoms with E-state index in [9.17, 15) is 9.59 Å². The molecule has 0 radical (unpaired) electrons. The number of hydrogen-bond donors (Lipinski definition) is 4. The zero-order valence-electron chi connectivity index (χ0n) is 7.06. The SMILES string of the molecule is NC(=S)NN=C(CCC(=O)O)C(=O)O. The fourth-order valence-electron chi connectivity index (χ4n) is 0.559. The summed E-state index contributed by atoms with van der Waals surface area (Å²) in [5.41, 5.74) is 6.74. The van der Waals surface area contributed by atoms with Crippen LogP contribution in [0.4, 0.5) is 0 Å². The molecule has 14 heavy (non-hydrogen) atoms. The average Bonchev–Trinajstić information content (AvgIpc) is 2.02. The standard InChI is InChI=1S/C6H9N3O4S/c7-6(14)9-8-3(5(12)13)1-2-4(10)11/h1-2H2,(H,10,11)(H,12,13)(H3,7,9,14). The molecule has 0 saturated heterocycles. The van der Waals surface area contributed by atoms with Crippen LogP contribution in [-0.4, -0.2) is 33.0 Å². The Balaban J connectivity index is 4.29. The van der Waals surface area contributed by atoms with Crippen LogP contribution in [0.3, 0.4) is 0 Å². The molecule has 0 aliphatic heterocycles. The summed E-state index contributed by atoms with van der Waals surface area (Å²) in [5, 5.41) is 20.0. The van der Waals surface area contributed by atoms with Crippen molar-refractivity contribution in [2.75, 3.05) is 0 Å². The van der Waals surface area contributed by atoms with Gasteiger partial charge in [-0.3, -0.25) is 10.2 Å². The first-order valence-corrected chi connectivity index (χ1v) is 3.91. The molecule has 0 aliphatic carbocycles. The monoisotopic (exact) mass is 219 g/mol. The fourth-order valence-corrected chi connectivity index (χ4v) is 0.604. The van der Waals surface area contributed by atoms with Gasteiger partial charge in [-0.2, -0.15) is 5.10 Å². The van der Waals surface area contributed by atoms with Crippen LogP contribution >= 0.6 is 12.2 Å². The molecule has 0 aliphatic rings. The van der Waals surface area contributed by atoms with Gasteiger partial charge < -0.3 is 15.9 Å². The van der Waals surface area contributed by atoms with Gasteiger partial charge in [-0.1, -0.05) is 0 Å². The highest BCUT2D eigenvalue weighted by molar-refractivity contribution is 7.80. The molecule has 0 unspecified atom stereocenters. The third kappa shape index (κ3) is 5.89. The summed E-state index contributed by atoms with van der Waals surface area (Å²) < 4.78 is 0. The Morgan fingerprint density at radius 1 is 1.36 bits per heavy atom. The number of nitrogens with two attached hydrogens (primary N) is 1. The summed E-state index contributed by atoms with van der Waals surface area (Å²) in [7, 11) is 0. The van der Waals surface area contributed by atoms with Crippen molar-refractivity contribution < 1.29 is 19.8 Å². The Hall–Kier alpha value is -1.70. The van der Waals surface area contributed by atoms with Gasteiger partial charge in [0.05, 0.1) is 6.42 Å². The second-order valence-electron chi connectivity index (χ2n) is 2.23. The van der Waals surface area contributed by atoms with E-state index in [-0.39, 0.29) is 23.7 Å². The Bertz CT molecular complexity index is 289. The van der Waals surface area contributed by atoms with Gasteiger partial charge in [0, 0.05) is 6.42 Å². The number of nitrogens with one attached hydrogen (secondary N) is 1. The van der Waals surface area contributed by atoms with Gasteiger partial charge in [-0.25, -0.2) is 4.79 Å². The molecule has 0 amide bonds. The molecule has 0 aromatic heterocycles. The zero-order valence-corrected chi connectivity index (χ0v) is 7.87. The number of hydrazone groups is 1. The molecule has 0 aromatic carbocycles. The van der Waals surface area contributed by atoms with Gasteiger partial charge in [-0.05, 0) is 12.2 Å². The van der Waals surface area contributed by atoms with E-state index in [4.69, 9.17) is 15.9 Å². The number of carboxylic acid groups (broad SMARTS) is 2. The third-order valence-corrected chi connectivity index (χ3v) is 1.21. The minimum absolute atomic E-state index is 0.181. The predicted octanol–water partition coefficient (Wildman–Crippen LogP) is -0.875. The lowest BCUT2D eigenvalue weighted by Crippen LogP contribution is -2.27. The van der Waals surface area contributed by atoms with Crippen molar-refractivity contribution in [1.82, 2.24) is 5.43 Å². The summed E-state index contributed by atoms with van der Waals surface area (Å²) in [5.74, 6) is -2.41. The van der Waals surface area contributed by atoms with Crippen LogP contribution in [-0.2, 0) is 9.59 Å². The molecule has 0 heterocycles. The van der Waals surface area contributed by atoms with Crippen LogP contribution in [0.2, 0.25) is 0 Å². The predicted molar refractivity (Wildman–Crippen MR) is 51.9 cm³/mol. The topological polar surface area (TPSA) is 125 Å². The third-order valence-electron chi connectivity index (χ3n) is 1.12. The molecule has 8 heteroatoms. The number of carboxylic acids is 2.